The van der Waals surface area contributed by atoms with Crippen LogP contribution in [0, 0.1) is 0 Å². The number of rotatable bonds is 7. The first-order valence-electron chi connectivity index (χ1n) is 9.85. The standard InChI is InChI=1S/C24H22N4O2/c1-2-16-30-21-11-4-3-8-18(21)13-14-23(29)25-20-10-7-9-19(17-20)24-27-26-22-12-5-6-15-28(22)24/h3-15,17H,2,16H2,1H3,(H,25,29)/b14-13+. The fourth-order valence-electron chi connectivity index (χ4n) is 3.09. The summed E-state index contributed by atoms with van der Waals surface area (Å²) < 4.78 is 7.64. The van der Waals surface area contributed by atoms with Crippen molar-refractivity contribution in [2.75, 3.05) is 11.9 Å². The van der Waals surface area contributed by atoms with Crippen LogP contribution >= 0.6 is 0 Å². The number of carbonyl (C=O) groups excluding carboxylic acids is 1. The van der Waals surface area contributed by atoms with Crippen LogP contribution in [0.5, 0.6) is 5.75 Å². The highest BCUT2D eigenvalue weighted by Crippen LogP contribution is 2.22. The van der Waals surface area contributed by atoms with Gasteiger partial charge in [0.25, 0.3) is 0 Å². The lowest BCUT2D eigenvalue weighted by atomic mass is 10.1. The van der Waals surface area contributed by atoms with Crippen molar-refractivity contribution in [2.45, 2.75) is 13.3 Å². The number of benzene rings is 2. The molecule has 30 heavy (non-hydrogen) atoms. The van der Waals surface area contributed by atoms with Gasteiger partial charge >= 0.3 is 0 Å². The second-order valence-electron chi connectivity index (χ2n) is 6.74. The molecule has 4 aromatic rings. The molecule has 4 rings (SSSR count). The van der Waals surface area contributed by atoms with E-state index in [1.165, 1.54) is 6.08 Å². The fraction of sp³-hybridized carbons (Fsp3) is 0.125. The maximum absolute atomic E-state index is 12.4. The number of nitrogens with zero attached hydrogens (tertiary/aromatic N) is 3. The van der Waals surface area contributed by atoms with Gasteiger partial charge in [-0.2, -0.15) is 0 Å². The molecule has 0 aliphatic rings. The number of ether oxygens (including phenoxy) is 1. The molecule has 6 nitrogen and oxygen atoms in total. The SMILES string of the molecule is CCCOc1ccccc1/C=C/C(=O)Nc1cccc(-c2nnc3ccccn23)c1. The molecule has 1 amide bonds. The van der Waals surface area contributed by atoms with Crippen molar-refractivity contribution in [1.29, 1.82) is 0 Å². The van der Waals surface area contributed by atoms with E-state index in [2.05, 4.69) is 22.4 Å². The minimum absolute atomic E-state index is 0.219. The van der Waals surface area contributed by atoms with E-state index in [1.807, 2.05) is 77.3 Å². The number of para-hydroxylation sites is 1. The predicted molar refractivity (Wildman–Crippen MR) is 118 cm³/mol. The number of anilines is 1. The van der Waals surface area contributed by atoms with E-state index >= 15 is 0 Å². The first-order valence-corrected chi connectivity index (χ1v) is 9.85. The summed E-state index contributed by atoms with van der Waals surface area (Å²) in [6, 6.07) is 21.0. The van der Waals surface area contributed by atoms with E-state index in [0.717, 1.165) is 34.8 Å². The van der Waals surface area contributed by atoms with Gasteiger partial charge in [0.2, 0.25) is 5.91 Å². The first kappa shape index (κ1) is 19.4. The highest BCUT2D eigenvalue weighted by atomic mass is 16.5. The lowest BCUT2D eigenvalue weighted by molar-refractivity contribution is -0.111. The monoisotopic (exact) mass is 398 g/mol. The number of fused-ring (bicyclic) bond motifs is 1. The molecule has 2 aromatic heterocycles. The van der Waals surface area contributed by atoms with Crippen molar-refractivity contribution < 1.29 is 9.53 Å². The zero-order valence-electron chi connectivity index (χ0n) is 16.7. The summed E-state index contributed by atoms with van der Waals surface area (Å²) in [7, 11) is 0. The Balaban J connectivity index is 1.50. The van der Waals surface area contributed by atoms with E-state index in [0.29, 0.717) is 12.3 Å². The van der Waals surface area contributed by atoms with E-state index in [4.69, 9.17) is 4.74 Å². The van der Waals surface area contributed by atoms with Gasteiger partial charge in [-0.05, 0) is 42.8 Å². The van der Waals surface area contributed by atoms with Crippen LogP contribution in [0.25, 0.3) is 23.1 Å². The molecule has 2 aromatic carbocycles. The third-order valence-corrected chi connectivity index (χ3v) is 4.50. The quantitative estimate of drug-likeness (QED) is 0.453. The molecule has 0 radical (unpaired) electrons. The van der Waals surface area contributed by atoms with Crippen molar-refractivity contribution in [3.05, 3.63) is 84.6 Å². The number of pyridine rings is 1. The molecule has 0 unspecified atom stereocenters. The molecule has 150 valence electrons. The minimum atomic E-state index is -0.219. The molecule has 0 spiro atoms. The van der Waals surface area contributed by atoms with Crippen LogP contribution in [0.15, 0.2) is 79.0 Å². The normalized spacial score (nSPS) is 11.1. The van der Waals surface area contributed by atoms with Gasteiger partial charge in [0.1, 0.15) is 5.75 Å². The van der Waals surface area contributed by atoms with Crippen molar-refractivity contribution in [2.24, 2.45) is 0 Å². The van der Waals surface area contributed by atoms with E-state index in [1.54, 1.807) is 6.08 Å². The second kappa shape index (κ2) is 9.05. The highest BCUT2D eigenvalue weighted by Gasteiger charge is 2.08. The fourth-order valence-corrected chi connectivity index (χ4v) is 3.09. The van der Waals surface area contributed by atoms with E-state index in [-0.39, 0.29) is 5.91 Å². The Hall–Kier alpha value is -3.93. The lowest BCUT2D eigenvalue weighted by Crippen LogP contribution is -2.07. The molecule has 0 aliphatic heterocycles. The van der Waals surface area contributed by atoms with Gasteiger partial charge in [0, 0.05) is 29.1 Å². The minimum Gasteiger partial charge on any atom is -0.493 e. The molecule has 6 heteroatoms. The van der Waals surface area contributed by atoms with Gasteiger partial charge in [-0.1, -0.05) is 43.3 Å². The molecule has 0 saturated heterocycles. The average Bonchev–Trinajstić information content (AvgIpc) is 3.21. The van der Waals surface area contributed by atoms with Crippen LogP contribution in [0.3, 0.4) is 0 Å². The maximum Gasteiger partial charge on any atom is 0.248 e. The number of amides is 1. The van der Waals surface area contributed by atoms with Gasteiger partial charge < -0.3 is 10.1 Å². The van der Waals surface area contributed by atoms with Crippen molar-refractivity contribution in [3.8, 4) is 17.1 Å². The van der Waals surface area contributed by atoms with Crippen LogP contribution in [0.2, 0.25) is 0 Å². The van der Waals surface area contributed by atoms with Gasteiger partial charge in [-0.15, -0.1) is 10.2 Å². The number of nitrogens with one attached hydrogen (secondary N) is 1. The zero-order valence-corrected chi connectivity index (χ0v) is 16.7. The summed E-state index contributed by atoms with van der Waals surface area (Å²) in [5.74, 6) is 1.27. The van der Waals surface area contributed by atoms with Crippen LogP contribution in [0.1, 0.15) is 18.9 Å². The molecule has 0 fully saturated rings. The Labute approximate surface area is 174 Å². The number of hydrogen-bond donors (Lipinski definition) is 1. The van der Waals surface area contributed by atoms with Crippen molar-refractivity contribution >= 4 is 23.3 Å². The summed E-state index contributed by atoms with van der Waals surface area (Å²) in [4.78, 5) is 12.4. The molecular formula is C24H22N4O2. The average molecular weight is 398 g/mol. The number of carbonyl (C=O) groups is 1. The summed E-state index contributed by atoms with van der Waals surface area (Å²) in [6.45, 7) is 2.70. The second-order valence-corrected chi connectivity index (χ2v) is 6.74. The Bertz CT molecular complexity index is 1200. The van der Waals surface area contributed by atoms with Crippen molar-refractivity contribution in [1.82, 2.24) is 14.6 Å². The molecular weight excluding hydrogens is 376 g/mol. The van der Waals surface area contributed by atoms with E-state index < -0.39 is 0 Å². The van der Waals surface area contributed by atoms with Crippen LogP contribution < -0.4 is 10.1 Å². The molecule has 0 saturated carbocycles. The maximum atomic E-state index is 12.4. The predicted octanol–water partition coefficient (Wildman–Crippen LogP) is 4.84. The Kier molecular flexibility index (Phi) is 5.85. The lowest BCUT2D eigenvalue weighted by Gasteiger charge is -2.08. The summed E-state index contributed by atoms with van der Waals surface area (Å²) in [5, 5.41) is 11.4. The van der Waals surface area contributed by atoms with Crippen molar-refractivity contribution in [3.63, 3.8) is 0 Å². The third-order valence-electron chi connectivity index (χ3n) is 4.50. The van der Waals surface area contributed by atoms with Gasteiger partial charge in [-0.25, -0.2) is 0 Å². The molecule has 0 aliphatic carbocycles. The molecule has 1 N–H and O–H groups in total. The Morgan fingerprint density at radius 3 is 2.83 bits per heavy atom. The summed E-state index contributed by atoms with van der Waals surface area (Å²) >= 11 is 0. The highest BCUT2D eigenvalue weighted by molar-refractivity contribution is 6.02. The third kappa shape index (κ3) is 4.38. The van der Waals surface area contributed by atoms with Gasteiger partial charge in [0.15, 0.2) is 11.5 Å². The zero-order chi connectivity index (χ0) is 20.8. The van der Waals surface area contributed by atoms with Gasteiger partial charge in [-0.3, -0.25) is 9.20 Å². The van der Waals surface area contributed by atoms with Crippen LogP contribution in [-0.4, -0.2) is 27.1 Å². The smallest absolute Gasteiger partial charge is 0.248 e. The summed E-state index contributed by atoms with van der Waals surface area (Å²) in [6.07, 6.45) is 6.11. The molecule has 2 heterocycles. The Morgan fingerprint density at radius 1 is 1.07 bits per heavy atom. The van der Waals surface area contributed by atoms with E-state index in [9.17, 15) is 4.79 Å². The topological polar surface area (TPSA) is 68.5 Å². The molecule has 0 atom stereocenters. The Morgan fingerprint density at radius 2 is 1.93 bits per heavy atom. The van der Waals surface area contributed by atoms with Crippen LogP contribution in [0.4, 0.5) is 5.69 Å². The largest absolute Gasteiger partial charge is 0.493 e. The van der Waals surface area contributed by atoms with Crippen LogP contribution in [-0.2, 0) is 4.79 Å². The first-order chi connectivity index (χ1) is 14.7. The number of hydrogen-bond acceptors (Lipinski definition) is 4. The summed E-state index contributed by atoms with van der Waals surface area (Å²) in [5.41, 5.74) is 3.19. The van der Waals surface area contributed by atoms with Gasteiger partial charge in [0.05, 0.1) is 6.61 Å². The number of aromatic nitrogens is 3. The molecule has 0 bridgehead atoms.